The second-order valence-corrected chi connectivity index (χ2v) is 4.97. The van der Waals surface area contributed by atoms with Gasteiger partial charge in [-0.05, 0) is 26.0 Å². The fourth-order valence-electron chi connectivity index (χ4n) is 1.97. The first-order chi connectivity index (χ1) is 9.41. The van der Waals surface area contributed by atoms with E-state index < -0.39 is 5.82 Å². The number of carbonyl (C=O) groups excluding carboxylic acids is 1. The first-order valence-corrected chi connectivity index (χ1v) is 6.40. The van der Waals surface area contributed by atoms with Crippen LogP contribution in [-0.2, 0) is 6.54 Å². The summed E-state index contributed by atoms with van der Waals surface area (Å²) in [5.41, 5.74) is 1.20. The van der Waals surface area contributed by atoms with Crippen molar-refractivity contribution in [1.29, 1.82) is 0 Å². The molecule has 0 saturated carbocycles. The Bertz CT molecular complexity index is 615. The lowest BCUT2D eigenvalue weighted by atomic mass is 10.1. The van der Waals surface area contributed by atoms with E-state index in [0.717, 1.165) is 0 Å². The molecule has 2 rings (SSSR count). The minimum absolute atomic E-state index is 0.0778. The lowest BCUT2D eigenvalue weighted by Gasteiger charge is -2.18. The van der Waals surface area contributed by atoms with Crippen LogP contribution in [0.1, 0.15) is 27.4 Å². The van der Waals surface area contributed by atoms with Gasteiger partial charge in [-0.25, -0.2) is 4.39 Å². The zero-order valence-electron chi connectivity index (χ0n) is 11.4. The number of carbonyl (C=O) groups is 1. The topological polar surface area (TPSA) is 46.3 Å². The fourth-order valence-corrected chi connectivity index (χ4v) is 2.19. The zero-order chi connectivity index (χ0) is 14.9. The normalized spacial score (nSPS) is 10.7. The van der Waals surface area contributed by atoms with E-state index in [1.165, 1.54) is 17.0 Å². The summed E-state index contributed by atoms with van der Waals surface area (Å²) < 4.78 is 18.7. The van der Waals surface area contributed by atoms with Crippen molar-refractivity contribution in [2.24, 2.45) is 0 Å². The first-order valence-electron chi connectivity index (χ1n) is 6.03. The predicted octanol–water partition coefficient (Wildman–Crippen LogP) is 3.36. The average molecular weight is 297 g/mol. The van der Waals surface area contributed by atoms with E-state index in [9.17, 15) is 9.18 Å². The number of benzene rings is 1. The number of halogens is 2. The number of amides is 1. The van der Waals surface area contributed by atoms with E-state index in [4.69, 9.17) is 16.1 Å². The van der Waals surface area contributed by atoms with E-state index in [-0.39, 0.29) is 18.0 Å². The Labute approximate surface area is 121 Å². The van der Waals surface area contributed by atoms with Crippen LogP contribution in [-0.4, -0.2) is 23.0 Å². The molecule has 2 aromatic rings. The van der Waals surface area contributed by atoms with Gasteiger partial charge in [0.15, 0.2) is 0 Å². The van der Waals surface area contributed by atoms with Crippen LogP contribution >= 0.6 is 11.6 Å². The van der Waals surface area contributed by atoms with E-state index >= 15 is 0 Å². The number of nitrogens with zero attached hydrogens (tertiary/aromatic N) is 2. The lowest BCUT2D eigenvalue weighted by molar-refractivity contribution is 0.0781. The Morgan fingerprint density at radius 1 is 1.45 bits per heavy atom. The largest absolute Gasteiger partial charge is 0.361 e. The van der Waals surface area contributed by atoms with E-state index in [2.05, 4.69) is 5.16 Å². The average Bonchev–Trinajstić information content (AvgIpc) is 2.72. The SMILES string of the molecule is Cc1noc(C)c1C(=O)N(C)Cc1c(F)cccc1Cl. The third kappa shape index (κ3) is 2.67. The summed E-state index contributed by atoms with van der Waals surface area (Å²) in [5.74, 6) is -0.268. The Kier molecular flexibility index (Phi) is 4.09. The fraction of sp³-hybridized carbons (Fsp3) is 0.286. The van der Waals surface area contributed by atoms with Crippen molar-refractivity contribution in [2.45, 2.75) is 20.4 Å². The minimum atomic E-state index is -0.434. The van der Waals surface area contributed by atoms with Crippen LogP contribution in [0.25, 0.3) is 0 Å². The number of hydrogen-bond donors (Lipinski definition) is 0. The highest BCUT2D eigenvalue weighted by Gasteiger charge is 2.22. The van der Waals surface area contributed by atoms with Gasteiger partial charge < -0.3 is 9.42 Å². The molecular formula is C14H14ClFN2O2. The molecule has 0 fully saturated rings. The van der Waals surface area contributed by atoms with Gasteiger partial charge in [0, 0.05) is 24.2 Å². The summed E-state index contributed by atoms with van der Waals surface area (Å²) in [4.78, 5) is 13.7. The highest BCUT2D eigenvalue weighted by atomic mass is 35.5. The lowest BCUT2D eigenvalue weighted by Crippen LogP contribution is -2.27. The molecule has 20 heavy (non-hydrogen) atoms. The summed E-state index contributed by atoms with van der Waals surface area (Å²) in [6.45, 7) is 3.43. The Morgan fingerprint density at radius 2 is 2.15 bits per heavy atom. The molecule has 0 atom stereocenters. The highest BCUT2D eigenvalue weighted by Crippen LogP contribution is 2.22. The van der Waals surface area contributed by atoms with Gasteiger partial charge in [-0.2, -0.15) is 0 Å². The molecule has 0 aliphatic heterocycles. The molecule has 0 aliphatic carbocycles. The number of hydrogen-bond acceptors (Lipinski definition) is 3. The molecular weight excluding hydrogens is 283 g/mol. The molecule has 0 spiro atoms. The van der Waals surface area contributed by atoms with Gasteiger partial charge in [-0.15, -0.1) is 0 Å². The van der Waals surface area contributed by atoms with Gasteiger partial charge in [0.2, 0.25) is 0 Å². The first kappa shape index (κ1) is 14.5. The van der Waals surface area contributed by atoms with E-state index in [0.29, 0.717) is 22.0 Å². The van der Waals surface area contributed by atoms with Crippen LogP contribution in [0.4, 0.5) is 4.39 Å². The zero-order valence-corrected chi connectivity index (χ0v) is 12.2. The standard InChI is InChI=1S/C14H14ClFN2O2/c1-8-13(9(2)20-17-8)14(19)18(3)7-10-11(15)5-4-6-12(10)16/h4-6H,7H2,1-3H3. The molecule has 0 aliphatic rings. The van der Waals surface area contributed by atoms with Gasteiger partial charge in [0.05, 0.1) is 5.69 Å². The second-order valence-electron chi connectivity index (χ2n) is 4.56. The maximum absolute atomic E-state index is 13.7. The molecule has 1 aromatic carbocycles. The van der Waals surface area contributed by atoms with Crippen LogP contribution in [0.5, 0.6) is 0 Å². The van der Waals surface area contributed by atoms with Gasteiger partial charge in [0.1, 0.15) is 17.1 Å². The predicted molar refractivity (Wildman–Crippen MR) is 73.2 cm³/mol. The minimum Gasteiger partial charge on any atom is -0.361 e. The van der Waals surface area contributed by atoms with Crippen molar-refractivity contribution in [3.63, 3.8) is 0 Å². The van der Waals surface area contributed by atoms with Crippen molar-refractivity contribution < 1.29 is 13.7 Å². The van der Waals surface area contributed by atoms with Crippen LogP contribution in [0.3, 0.4) is 0 Å². The van der Waals surface area contributed by atoms with Crippen molar-refractivity contribution in [3.8, 4) is 0 Å². The number of aromatic nitrogens is 1. The molecule has 4 nitrogen and oxygen atoms in total. The molecule has 0 saturated heterocycles. The Hall–Kier alpha value is -1.88. The maximum atomic E-state index is 13.7. The number of rotatable bonds is 3. The van der Waals surface area contributed by atoms with Crippen LogP contribution in [0, 0.1) is 19.7 Å². The number of aryl methyl sites for hydroxylation is 2. The van der Waals surface area contributed by atoms with E-state index in [1.807, 2.05) is 0 Å². The van der Waals surface area contributed by atoms with Crippen molar-refractivity contribution in [2.75, 3.05) is 7.05 Å². The van der Waals surface area contributed by atoms with Crippen LogP contribution < -0.4 is 0 Å². The summed E-state index contributed by atoms with van der Waals surface area (Å²) in [6.07, 6.45) is 0. The molecule has 0 bridgehead atoms. The molecule has 6 heteroatoms. The smallest absolute Gasteiger partial charge is 0.259 e. The summed E-state index contributed by atoms with van der Waals surface area (Å²) in [6, 6.07) is 4.43. The van der Waals surface area contributed by atoms with Gasteiger partial charge in [0.25, 0.3) is 5.91 Å². The molecule has 0 unspecified atom stereocenters. The molecule has 0 N–H and O–H groups in total. The maximum Gasteiger partial charge on any atom is 0.259 e. The van der Waals surface area contributed by atoms with Gasteiger partial charge in [-0.1, -0.05) is 22.8 Å². The molecule has 106 valence electrons. The van der Waals surface area contributed by atoms with Gasteiger partial charge in [-0.3, -0.25) is 4.79 Å². The van der Waals surface area contributed by atoms with Crippen molar-refractivity contribution >= 4 is 17.5 Å². The molecule has 1 amide bonds. The van der Waals surface area contributed by atoms with Crippen molar-refractivity contribution in [3.05, 3.63) is 51.6 Å². The summed E-state index contributed by atoms with van der Waals surface area (Å²) in [5, 5.41) is 4.03. The van der Waals surface area contributed by atoms with Gasteiger partial charge >= 0.3 is 0 Å². The monoisotopic (exact) mass is 296 g/mol. The van der Waals surface area contributed by atoms with Crippen LogP contribution in [0.15, 0.2) is 22.7 Å². The quantitative estimate of drug-likeness (QED) is 0.872. The van der Waals surface area contributed by atoms with E-state index in [1.54, 1.807) is 27.0 Å². The van der Waals surface area contributed by atoms with Crippen LogP contribution in [0.2, 0.25) is 5.02 Å². The molecule has 1 aromatic heterocycles. The Morgan fingerprint density at radius 3 is 2.70 bits per heavy atom. The Balaban J connectivity index is 2.25. The highest BCUT2D eigenvalue weighted by molar-refractivity contribution is 6.31. The third-order valence-corrected chi connectivity index (χ3v) is 3.41. The van der Waals surface area contributed by atoms with Crippen molar-refractivity contribution in [1.82, 2.24) is 10.1 Å². The summed E-state index contributed by atoms with van der Waals surface area (Å²) >= 11 is 5.96. The second kappa shape index (κ2) is 5.63. The molecule has 0 radical (unpaired) electrons. The third-order valence-electron chi connectivity index (χ3n) is 3.05. The molecule has 1 heterocycles. The summed E-state index contributed by atoms with van der Waals surface area (Å²) in [7, 11) is 1.58.